The molecule has 3 unspecified atom stereocenters. The Labute approximate surface area is 238 Å². The fourth-order valence-electron chi connectivity index (χ4n) is 6.41. The fraction of sp³-hybridized carbons (Fsp3) is 0.552. The number of unbranched alkanes of at least 4 members (excludes halogenated alkanes) is 2. The number of thioether (sulfide) groups is 1. The third-order valence-electron chi connectivity index (χ3n) is 8.02. The van der Waals surface area contributed by atoms with E-state index in [0.29, 0.717) is 45.4 Å². The van der Waals surface area contributed by atoms with Crippen LogP contribution in [0.5, 0.6) is 0 Å². The maximum atomic E-state index is 14.4. The zero-order valence-corrected chi connectivity index (χ0v) is 24.4. The lowest BCUT2D eigenvalue weighted by atomic mass is 9.70. The first kappa shape index (κ1) is 28.9. The molecular weight excluding hydrogens is 566 g/mol. The number of likely N-dealkylation sites (N-methyl/N-ethyl adjacent to an activating group) is 1. The minimum absolute atomic E-state index is 0.0363. The van der Waals surface area contributed by atoms with E-state index in [4.69, 9.17) is 0 Å². The van der Waals surface area contributed by atoms with E-state index in [-0.39, 0.29) is 34.4 Å². The van der Waals surface area contributed by atoms with Gasteiger partial charge in [-0.2, -0.15) is 0 Å². The van der Waals surface area contributed by atoms with E-state index < -0.39 is 22.6 Å². The lowest BCUT2D eigenvalue weighted by molar-refractivity contribution is -0.144. The van der Waals surface area contributed by atoms with Crippen LogP contribution in [0.2, 0.25) is 0 Å². The molecule has 38 heavy (non-hydrogen) atoms. The summed E-state index contributed by atoms with van der Waals surface area (Å²) < 4.78 is -0.671. The van der Waals surface area contributed by atoms with Crippen molar-refractivity contribution in [3.05, 3.63) is 61.2 Å². The third kappa shape index (κ3) is 5.21. The molecule has 0 saturated carbocycles. The van der Waals surface area contributed by atoms with Crippen LogP contribution < -0.4 is 0 Å². The molecule has 9 heteroatoms. The van der Waals surface area contributed by atoms with Crippen LogP contribution in [0.3, 0.4) is 0 Å². The molecule has 0 aromatic heterocycles. The monoisotopic (exact) mass is 603 g/mol. The Morgan fingerprint density at radius 3 is 2.53 bits per heavy atom. The summed E-state index contributed by atoms with van der Waals surface area (Å²) in [5.74, 6) is -1.28. The Bertz CT molecular complexity index is 1060. The number of halogens is 1. The smallest absolute Gasteiger partial charge is 0.247 e. The average Bonchev–Trinajstić information content (AvgIpc) is 3.49. The highest BCUT2D eigenvalue weighted by molar-refractivity contribution is 9.09. The van der Waals surface area contributed by atoms with Gasteiger partial charge in [-0.25, -0.2) is 0 Å². The number of likely N-dealkylation sites (tertiary alicyclic amines) is 1. The van der Waals surface area contributed by atoms with Gasteiger partial charge in [0.1, 0.15) is 6.04 Å². The molecular formula is C29H38BrN3O4S. The first-order valence-electron chi connectivity index (χ1n) is 13.3. The molecule has 3 fully saturated rings. The molecule has 3 amide bonds. The van der Waals surface area contributed by atoms with E-state index in [9.17, 15) is 19.5 Å². The molecule has 3 saturated heterocycles. The van der Waals surface area contributed by atoms with Crippen molar-refractivity contribution in [1.82, 2.24) is 14.7 Å². The highest BCUT2D eigenvalue weighted by Gasteiger charge is 2.75. The maximum Gasteiger partial charge on any atom is 0.247 e. The number of aliphatic hydroxyl groups excluding tert-OH is 1. The van der Waals surface area contributed by atoms with Crippen LogP contribution in [0.4, 0.5) is 0 Å². The quantitative estimate of drug-likeness (QED) is 0.212. The first-order chi connectivity index (χ1) is 18.3. The first-order valence-corrected chi connectivity index (χ1v) is 15.1. The van der Waals surface area contributed by atoms with Crippen LogP contribution in [-0.2, 0) is 20.9 Å². The van der Waals surface area contributed by atoms with E-state index in [1.165, 1.54) is 0 Å². The number of benzene rings is 1. The molecule has 3 aliphatic rings. The SMILES string of the molecule is C=CCN(C)C(=O)[C@H]1[C@@H]2SC3(CC2Br)C(C(=O)N(CC=C)Cc2ccccc2)N(CCCCCO)C(=O)[C@H]13. The number of amides is 3. The Morgan fingerprint density at radius 2 is 1.87 bits per heavy atom. The lowest BCUT2D eigenvalue weighted by Gasteiger charge is -2.38. The fourth-order valence-corrected chi connectivity index (χ4v) is 10.0. The van der Waals surface area contributed by atoms with E-state index in [1.54, 1.807) is 45.7 Å². The second-order valence-corrected chi connectivity index (χ2v) is 13.2. The predicted molar refractivity (Wildman–Crippen MR) is 155 cm³/mol. The van der Waals surface area contributed by atoms with Gasteiger partial charge in [0.05, 0.1) is 16.6 Å². The van der Waals surface area contributed by atoms with Gasteiger partial charge >= 0.3 is 0 Å². The normalized spacial score (nSPS) is 29.3. The minimum atomic E-state index is -0.671. The number of alkyl halides is 1. The van der Waals surface area contributed by atoms with Crippen LogP contribution in [0.1, 0.15) is 31.2 Å². The van der Waals surface area contributed by atoms with Crippen LogP contribution in [0, 0.1) is 11.8 Å². The summed E-state index contributed by atoms with van der Waals surface area (Å²) >= 11 is 5.49. The highest BCUT2D eigenvalue weighted by atomic mass is 79.9. The van der Waals surface area contributed by atoms with Crippen LogP contribution in [0.25, 0.3) is 0 Å². The van der Waals surface area contributed by atoms with Crippen LogP contribution in [0.15, 0.2) is 55.6 Å². The van der Waals surface area contributed by atoms with Gasteiger partial charge in [-0.15, -0.1) is 24.9 Å². The zero-order chi connectivity index (χ0) is 27.4. The molecule has 7 nitrogen and oxygen atoms in total. The predicted octanol–water partition coefficient (Wildman–Crippen LogP) is 3.47. The van der Waals surface area contributed by atoms with Gasteiger partial charge in [0, 0.05) is 49.9 Å². The molecule has 3 aliphatic heterocycles. The summed E-state index contributed by atoms with van der Waals surface area (Å²) in [6.07, 6.45) is 6.18. The van der Waals surface area contributed by atoms with Crippen molar-refractivity contribution in [3.63, 3.8) is 0 Å². The highest BCUT2D eigenvalue weighted by Crippen LogP contribution is 2.68. The number of carbonyl (C=O) groups is 3. The number of carbonyl (C=O) groups excluding carboxylic acids is 3. The van der Waals surface area contributed by atoms with Crippen molar-refractivity contribution in [1.29, 1.82) is 0 Å². The molecule has 1 N–H and O–H groups in total. The maximum absolute atomic E-state index is 14.4. The average molecular weight is 605 g/mol. The number of fused-ring (bicyclic) bond motifs is 1. The molecule has 0 aliphatic carbocycles. The summed E-state index contributed by atoms with van der Waals surface area (Å²) in [5, 5.41) is 9.18. The largest absolute Gasteiger partial charge is 0.396 e. The zero-order valence-electron chi connectivity index (χ0n) is 22.0. The molecule has 0 radical (unpaired) electrons. The summed E-state index contributed by atoms with van der Waals surface area (Å²) in [4.78, 5) is 47.5. The Morgan fingerprint density at radius 1 is 1.16 bits per heavy atom. The molecule has 1 spiro atoms. The Kier molecular flexibility index (Phi) is 9.42. The number of hydrogen-bond donors (Lipinski definition) is 1. The number of aliphatic hydroxyl groups is 1. The van der Waals surface area contributed by atoms with Gasteiger partial charge in [0.15, 0.2) is 0 Å². The van der Waals surface area contributed by atoms with Gasteiger partial charge in [-0.05, 0) is 31.2 Å². The van der Waals surface area contributed by atoms with E-state index in [1.807, 2.05) is 30.3 Å². The van der Waals surface area contributed by atoms with Gasteiger partial charge in [-0.3, -0.25) is 14.4 Å². The van der Waals surface area contributed by atoms with Gasteiger partial charge < -0.3 is 19.8 Å². The summed E-state index contributed by atoms with van der Waals surface area (Å²) in [7, 11) is 1.75. The van der Waals surface area contributed by atoms with Gasteiger partial charge in [-0.1, -0.05) is 58.4 Å². The van der Waals surface area contributed by atoms with Crippen molar-refractivity contribution < 1.29 is 19.5 Å². The number of rotatable bonds is 13. The van der Waals surface area contributed by atoms with E-state index >= 15 is 0 Å². The Balaban J connectivity index is 1.71. The molecule has 2 bridgehead atoms. The third-order valence-corrected chi connectivity index (χ3v) is 11.2. The number of nitrogens with zero attached hydrogens (tertiary/aromatic N) is 3. The van der Waals surface area contributed by atoms with Gasteiger partial charge in [0.2, 0.25) is 17.7 Å². The standard InChI is InChI=1S/C29H38BrN3O4S/c1-4-14-31(3)26(35)22-23-27(36)33(16-10-7-11-17-34)25(29(23)18-21(30)24(22)38-29)28(37)32(15-5-2)19-20-12-8-6-9-13-20/h4-6,8-9,12-13,21-25,34H,1-2,7,10-11,14-19H2,3H3/t21?,22-,23+,24-,25?,29?/m1/s1. The van der Waals surface area contributed by atoms with Crippen molar-refractivity contribution in [3.8, 4) is 0 Å². The van der Waals surface area contributed by atoms with E-state index in [0.717, 1.165) is 12.0 Å². The minimum Gasteiger partial charge on any atom is -0.396 e. The summed E-state index contributed by atoms with van der Waals surface area (Å²) in [6, 6.07) is 9.17. The van der Waals surface area contributed by atoms with Crippen LogP contribution in [-0.4, -0.2) is 91.7 Å². The van der Waals surface area contributed by atoms with Crippen LogP contribution >= 0.6 is 27.7 Å². The van der Waals surface area contributed by atoms with Crippen molar-refractivity contribution in [2.24, 2.45) is 11.8 Å². The molecule has 6 atom stereocenters. The molecule has 3 heterocycles. The topological polar surface area (TPSA) is 81.2 Å². The van der Waals surface area contributed by atoms with Crippen molar-refractivity contribution in [2.45, 2.75) is 53.1 Å². The van der Waals surface area contributed by atoms with Gasteiger partial charge in [0.25, 0.3) is 0 Å². The lowest BCUT2D eigenvalue weighted by Crippen LogP contribution is -2.55. The molecule has 206 valence electrons. The van der Waals surface area contributed by atoms with E-state index in [2.05, 4.69) is 29.1 Å². The molecule has 4 rings (SSSR count). The number of hydrogen-bond acceptors (Lipinski definition) is 5. The summed E-state index contributed by atoms with van der Waals surface area (Å²) in [6.45, 7) is 9.37. The molecule has 1 aromatic carbocycles. The Hall–Kier alpha value is -2.10. The van der Waals surface area contributed by atoms with Crippen molar-refractivity contribution in [2.75, 3.05) is 33.3 Å². The summed E-state index contributed by atoms with van der Waals surface area (Å²) in [5.41, 5.74) is 1.01. The second kappa shape index (κ2) is 12.4. The molecule has 1 aromatic rings. The van der Waals surface area contributed by atoms with Crippen molar-refractivity contribution >= 4 is 45.4 Å². The second-order valence-electron chi connectivity index (χ2n) is 10.5.